The molecule has 0 spiro atoms. The van der Waals surface area contributed by atoms with Crippen molar-refractivity contribution < 1.29 is 4.79 Å². The molecular weight excluding hydrogens is 262 g/mol. The number of hydrogen-bond donors (Lipinski definition) is 2. The van der Waals surface area contributed by atoms with E-state index >= 15 is 0 Å². The van der Waals surface area contributed by atoms with E-state index in [-0.39, 0.29) is 12.5 Å². The molecule has 0 bridgehead atoms. The number of hydrogen-bond acceptors (Lipinski definition) is 6. The molecule has 1 heterocycles. The van der Waals surface area contributed by atoms with Crippen LogP contribution in [0, 0.1) is 0 Å². The molecule has 7 heteroatoms. The van der Waals surface area contributed by atoms with Gasteiger partial charge in [0.05, 0.1) is 6.54 Å². The molecule has 0 aliphatic carbocycles. The summed E-state index contributed by atoms with van der Waals surface area (Å²) in [6.45, 7) is 3.04. The second kappa shape index (κ2) is 7.83. The van der Waals surface area contributed by atoms with Crippen molar-refractivity contribution in [1.29, 1.82) is 0 Å². The molecule has 1 aromatic rings. The average Bonchev–Trinajstić information content (AvgIpc) is 2.42. The topological polar surface area (TPSA) is 84.1 Å². The normalized spacial score (nSPS) is 10.3. The van der Waals surface area contributed by atoms with E-state index in [1.54, 1.807) is 7.05 Å². The number of carbonyl (C=O) groups excluding carboxylic acids is 1. The van der Waals surface area contributed by atoms with Gasteiger partial charge in [0.15, 0.2) is 5.16 Å². The van der Waals surface area contributed by atoms with Gasteiger partial charge in [-0.3, -0.25) is 4.79 Å². The minimum atomic E-state index is -0.355. The van der Waals surface area contributed by atoms with Crippen LogP contribution in [-0.2, 0) is 4.79 Å². The van der Waals surface area contributed by atoms with Gasteiger partial charge >= 0.3 is 0 Å². The van der Waals surface area contributed by atoms with Crippen LogP contribution in [-0.4, -0.2) is 42.3 Å². The third-order valence-corrected chi connectivity index (χ3v) is 3.13. The molecule has 19 heavy (non-hydrogen) atoms. The zero-order valence-corrected chi connectivity index (χ0v) is 12.5. The Morgan fingerprint density at radius 1 is 1.53 bits per heavy atom. The van der Waals surface area contributed by atoms with Crippen molar-refractivity contribution in [3.8, 4) is 0 Å². The highest BCUT2D eigenvalue weighted by Gasteiger charge is 2.13. The fraction of sp³-hybridized carbons (Fsp3) is 0.583. The summed E-state index contributed by atoms with van der Waals surface area (Å²) in [5, 5.41) is 3.67. The van der Waals surface area contributed by atoms with E-state index in [0.29, 0.717) is 5.16 Å². The van der Waals surface area contributed by atoms with Gasteiger partial charge in [0.1, 0.15) is 11.6 Å². The first-order chi connectivity index (χ1) is 9.10. The standard InChI is InChI=1S/C12H21N5OS/c1-4-5-6-17(8-9(13)18)11-7-10(14-2)15-12(16-11)19-3/h7H,4-6,8H2,1-3H3,(H2,13,18)(H,14,15,16). The first kappa shape index (κ1) is 15.6. The highest BCUT2D eigenvalue weighted by molar-refractivity contribution is 7.98. The molecule has 1 rings (SSSR count). The number of thioether (sulfide) groups is 1. The largest absolute Gasteiger partial charge is 0.373 e. The summed E-state index contributed by atoms with van der Waals surface area (Å²) >= 11 is 1.47. The number of primary amides is 1. The molecule has 0 saturated carbocycles. The van der Waals surface area contributed by atoms with E-state index in [2.05, 4.69) is 22.2 Å². The van der Waals surface area contributed by atoms with E-state index in [9.17, 15) is 4.79 Å². The second-order valence-corrected chi connectivity index (χ2v) is 4.86. The average molecular weight is 283 g/mol. The van der Waals surface area contributed by atoms with Gasteiger partial charge in [-0.15, -0.1) is 0 Å². The minimum absolute atomic E-state index is 0.175. The lowest BCUT2D eigenvalue weighted by Crippen LogP contribution is -2.35. The third kappa shape index (κ3) is 4.94. The Hall–Kier alpha value is -1.50. The van der Waals surface area contributed by atoms with Crippen molar-refractivity contribution in [3.05, 3.63) is 6.07 Å². The van der Waals surface area contributed by atoms with E-state index in [1.807, 2.05) is 17.2 Å². The van der Waals surface area contributed by atoms with Crippen LogP contribution in [0.4, 0.5) is 11.6 Å². The summed E-state index contributed by atoms with van der Waals surface area (Å²) in [7, 11) is 1.81. The van der Waals surface area contributed by atoms with Crippen molar-refractivity contribution in [2.75, 3.05) is 36.6 Å². The number of aromatic nitrogens is 2. The Bertz CT molecular complexity index is 404. The van der Waals surface area contributed by atoms with Crippen LogP contribution in [0.3, 0.4) is 0 Å². The Kier molecular flexibility index (Phi) is 6.41. The van der Waals surface area contributed by atoms with Crippen LogP contribution in [0.1, 0.15) is 19.8 Å². The molecule has 0 radical (unpaired) electrons. The maximum Gasteiger partial charge on any atom is 0.236 e. The van der Waals surface area contributed by atoms with Crippen LogP contribution in [0.25, 0.3) is 0 Å². The van der Waals surface area contributed by atoms with Crippen LogP contribution in [0.15, 0.2) is 11.2 Å². The summed E-state index contributed by atoms with van der Waals surface area (Å²) in [6, 6.07) is 1.83. The van der Waals surface area contributed by atoms with Gasteiger partial charge in [0.2, 0.25) is 5.91 Å². The highest BCUT2D eigenvalue weighted by Crippen LogP contribution is 2.20. The van der Waals surface area contributed by atoms with Gasteiger partial charge in [-0.05, 0) is 12.7 Å². The van der Waals surface area contributed by atoms with Gasteiger partial charge in [-0.1, -0.05) is 25.1 Å². The van der Waals surface area contributed by atoms with Gasteiger partial charge in [0, 0.05) is 19.7 Å². The molecule has 6 nitrogen and oxygen atoms in total. The Labute approximate surface area is 118 Å². The molecular formula is C12H21N5OS. The van der Waals surface area contributed by atoms with Crippen LogP contribution >= 0.6 is 11.8 Å². The first-order valence-electron chi connectivity index (χ1n) is 6.24. The number of anilines is 2. The van der Waals surface area contributed by atoms with Gasteiger partial charge in [0.25, 0.3) is 0 Å². The molecule has 0 fully saturated rings. The van der Waals surface area contributed by atoms with E-state index in [1.165, 1.54) is 11.8 Å². The van der Waals surface area contributed by atoms with Crippen molar-refractivity contribution >= 4 is 29.3 Å². The summed E-state index contributed by atoms with van der Waals surface area (Å²) in [5.74, 6) is 1.11. The van der Waals surface area contributed by atoms with Crippen LogP contribution in [0.5, 0.6) is 0 Å². The number of nitrogens with two attached hydrogens (primary N) is 1. The second-order valence-electron chi connectivity index (χ2n) is 4.09. The van der Waals surface area contributed by atoms with E-state index in [0.717, 1.165) is 31.0 Å². The third-order valence-electron chi connectivity index (χ3n) is 2.58. The predicted octanol–water partition coefficient (Wildman–Crippen LogP) is 1.33. The van der Waals surface area contributed by atoms with Gasteiger partial charge in [-0.2, -0.15) is 0 Å². The number of unbranched alkanes of at least 4 members (excludes halogenated alkanes) is 1. The lowest BCUT2D eigenvalue weighted by atomic mass is 10.3. The number of carbonyl (C=O) groups is 1. The monoisotopic (exact) mass is 283 g/mol. The molecule has 1 aromatic heterocycles. The van der Waals surface area contributed by atoms with E-state index < -0.39 is 0 Å². The molecule has 0 aliphatic heterocycles. The van der Waals surface area contributed by atoms with Crippen LogP contribution < -0.4 is 16.0 Å². The van der Waals surface area contributed by atoms with E-state index in [4.69, 9.17) is 5.73 Å². The number of nitrogens with one attached hydrogen (secondary N) is 1. The Morgan fingerprint density at radius 3 is 2.79 bits per heavy atom. The van der Waals surface area contributed by atoms with Gasteiger partial charge in [-0.25, -0.2) is 9.97 Å². The molecule has 0 saturated heterocycles. The molecule has 0 aliphatic rings. The van der Waals surface area contributed by atoms with Crippen molar-refractivity contribution in [2.24, 2.45) is 5.73 Å². The minimum Gasteiger partial charge on any atom is -0.373 e. The quantitative estimate of drug-likeness (QED) is 0.553. The highest BCUT2D eigenvalue weighted by atomic mass is 32.2. The molecule has 1 amide bonds. The maximum absolute atomic E-state index is 11.2. The Morgan fingerprint density at radius 2 is 2.26 bits per heavy atom. The zero-order valence-electron chi connectivity index (χ0n) is 11.6. The lowest BCUT2D eigenvalue weighted by molar-refractivity contribution is -0.116. The summed E-state index contributed by atoms with van der Waals surface area (Å²) in [4.78, 5) is 21.8. The summed E-state index contributed by atoms with van der Waals surface area (Å²) < 4.78 is 0. The van der Waals surface area contributed by atoms with Crippen molar-refractivity contribution in [3.63, 3.8) is 0 Å². The number of amides is 1. The maximum atomic E-state index is 11.2. The predicted molar refractivity (Wildman–Crippen MR) is 79.7 cm³/mol. The Balaban J connectivity index is 3.01. The van der Waals surface area contributed by atoms with Crippen molar-refractivity contribution in [2.45, 2.75) is 24.9 Å². The lowest BCUT2D eigenvalue weighted by Gasteiger charge is -2.22. The SMILES string of the molecule is CCCCN(CC(N)=O)c1cc(NC)nc(SC)n1. The number of nitrogens with zero attached hydrogens (tertiary/aromatic N) is 3. The smallest absolute Gasteiger partial charge is 0.236 e. The molecule has 0 aromatic carbocycles. The molecule has 0 unspecified atom stereocenters. The first-order valence-corrected chi connectivity index (χ1v) is 7.47. The summed E-state index contributed by atoms with van der Waals surface area (Å²) in [6.07, 6.45) is 3.96. The van der Waals surface area contributed by atoms with Gasteiger partial charge < -0.3 is 16.0 Å². The molecule has 106 valence electrons. The fourth-order valence-corrected chi connectivity index (χ4v) is 1.98. The van der Waals surface area contributed by atoms with Crippen molar-refractivity contribution in [1.82, 2.24) is 9.97 Å². The zero-order chi connectivity index (χ0) is 14.3. The molecule has 3 N–H and O–H groups in total. The number of rotatable bonds is 8. The molecule has 0 atom stereocenters. The fourth-order valence-electron chi connectivity index (χ4n) is 1.61. The van der Waals surface area contributed by atoms with Crippen LogP contribution in [0.2, 0.25) is 0 Å². The summed E-state index contributed by atoms with van der Waals surface area (Å²) in [5.41, 5.74) is 5.30.